The van der Waals surface area contributed by atoms with E-state index >= 15 is 0 Å². The van der Waals surface area contributed by atoms with Gasteiger partial charge in [-0.15, -0.1) is 0 Å². The smallest absolute Gasteiger partial charge is 0.163 e. The maximum absolute atomic E-state index is 5.70. The van der Waals surface area contributed by atoms with Crippen molar-refractivity contribution in [2.75, 3.05) is 12.6 Å². The van der Waals surface area contributed by atoms with Crippen LogP contribution in [0, 0.1) is 0 Å². The molecule has 0 aliphatic rings. The van der Waals surface area contributed by atoms with Crippen LogP contribution in [-0.2, 0) is 0 Å². The molecule has 0 fully saturated rings. The Morgan fingerprint density at radius 3 is 2.00 bits per heavy atom. The van der Waals surface area contributed by atoms with Crippen LogP contribution < -0.4 is 15.1 Å². The number of fused-ring (bicyclic) bond motifs is 1. The number of rotatable bonds is 4. The molecule has 3 heteroatoms. The normalized spacial score (nSPS) is 10.2. The molecule has 20 heavy (non-hydrogen) atoms. The molecule has 1 N–H and O–H groups in total. The number of hydrogen-bond acceptors (Lipinski definition) is 3. The van der Waals surface area contributed by atoms with Crippen molar-refractivity contribution in [2.45, 2.75) is 0 Å². The number of ether oxygens (including phenoxy) is 1. The minimum atomic E-state index is 0.769. The molecule has 3 aromatic carbocycles. The van der Waals surface area contributed by atoms with Crippen molar-refractivity contribution < 1.29 is 9.57 Å². The maximum atomic E-state index is 5.70. The van der Waals surface area contributed by atoms with Crippen molar-refractivity contribution in [2.24, 2.45) is 0 Å². The number of anilines is 1. The summed E-state index contributed by atoms with van der Waals surface area (Å²) in [5.41, 5.74) is 3.86. The number of benzene rings is 3. The molecular formula is C17H15NO2. The molecule has 100 valence electrons. The van der Waals surface area contributed by atoms with Crippen LogP contribution in [0.15, 0.2) is 66.7 Å². The average molecular weight is 265 g/mol. The summed E-state index contributed by atoms with van der Waals surface area (Å²) in [4.78, 5) is 5.70. The van der Waals surface area contributed by atoms with Crippen LogP contribution in [0.2, 0.25) is 0 Å². The first-order valence-corrected chi connectivity index (χ1v) is 6.42. The van der Waals surface area contributed by atoms with Crippen molar-refractivity contribution in [1.29, 1.82) is 0 Å². The van der Waals surface area contributed by atoms with E-state index < -0.39 is 0 Å². The van der Waals surface area contributed by atoms with Gasteiger partial charge in [-0.3, -0.25) is 0 Å². The summed E-state index contributed by atoms with van der Waals surface area (Å²) in [7, 11) is 1.67. The second-order valence-electron chi connectivity index (χ2n) is 4.38. The van der Waals surface area contributed by atoms with Crippen molar-refractivity contribution in [3.8, 4) is 11.5 Å². The molecule has 0 unspecified atom stereocenters. The lowest BCUT2D eigenvalue weighted by Crippen LogP contribution is -2.04. The third kappa shape index (κ3) is 2.38. The van der Waals surface area contributed by atoms with E-state index in [1.165, 1.54) is 0 Å². The zero-order valence-corrected chi connectivity index (χ0v) is 11.2. The standard InChI is InChI=1S/C17H15NO2/c1-19-16-11-12-17(15-10-6-5-9-14(15)16)20-18-13-7-3-2-4-8-13/h2-12,18H,1H3. The van der Waals surface area contributed by atoms with E-state index in [1.807, 2.05) is 66.7 Å². The molecule has 0 aliphatic carbocycles. The van der Waals surface area contributed by atoms with Gasteiger partial charge in [0.25, 0.3) is 0 Å². The first-order valence-electron chi connectivity index (χ1n) is 6.42. The van der Waals surface area contributed by atoms with Crippen LogP contribution in [0.4, 0.5) is 5.69 Å². The predicted octanol–water partition coefficient (Wildman–Crippen LogP) is 4.25. The number of hydrogen-bond donors (Lipinski definition) is 1. The summed E-state index contributed by atoms with van der Waals surface area (Å²) in [6, 6.07) is 21.6. The molecule has 0 spiro atoms. The molecule has 3 rings (SSSR count). The second kappa shape index (κ2) is 5.53. The Kier molecular flexibility index (Phi) is 3.42. The molecule has 0 saturated carbocycles. The summed E-state index contributed by atoms with van der Waals surface area (Å²) >= 11 is 0. The fourth-order valence-corrected chi connectivity index (χ4v) is 2.13. The summed E-state index contributed by atoms with van der Waals surface area (Å²) in [5.74, 6) is 1.61. The zero-order valence-electron chi connectivity index (χ0n) is 11.2. The minimum Gasteiger partial charge on any atom is -0.496 e. The second-order valence-corrected chi connectivity index (χ2v) is 4.38. The monoisotopic (exact) mass is 265 g/mol. The van der Waals surface area contributed by atoms with Gasteiger partial charge in [0.2, 0.25) is 0 Å². The Labute approximate surface area is 117 Å². The van der Waals surface area contributed by atoms with E-state index in [2.05, 4.69) is 5.48 Å². The summed E-state index contributed by atoms with van der Waals surface area (Å²) in [5, 5.41) is 2.04. The Bertz CT molecular complexity index is 711. The highest BCUT2D eigenvalue weighted by Gasteiger charge is 2.07. The van der Waals surface area contributed by atoms with Gasteiger partial charge in [0, 0.05) is 10.8 Å². The van der Waals surface area contributed by atoms with Crippen LogP contribution in [-0.4, -0.2) is 7.11 Å². The lowest BCUT2D eigenvalue weighted by Gasteiger charge is -2.12. The fraction of sp³-hybridized carbons (Fsp3) is 0.0588. The van der Waals surface area contributed by atoms with Gasteiger partial charge in [-0.05, 0) is 24.3 Å². The third-order valence-electron chi connectivity index (χ3n) is 3.12. The van der Waals surface area contributed by atoms with Gasteiger partial charge in [0.05, 0.1) is 12.8 Å². The van der Waals surface area contributed by atoms with Crippen LogP contribution in [0.5, 0.6) is 11.5 Å². The van der Waals surface area contributed by atoms with Gasteiger partial charge < -0.3 is 9.57 Å². The zero-order chi connectivity index (χ0) is 13.8. The lowest BCUT2D eigenvalue weighted by molar-refractivity contribution is 0.404. The van der Waals surface area contributed by atoms with E-state index in [9.17, 15) is 0 Å². The molecule has 0 saturated heterocycles. The van der Waals surface area contributed by atoms with Gasteiger partial charge in [0.15, 0.2) is 5.75 Å². The van der Waals surface area contributed by atoms with Crippen LogP contribution >= 0.6 is 0 Å². The molecule has 3 nitrogen and oxygen atoms in total. The van der Waals surface area contributed by atoms with Crippen LogP contribution in [0.1, 0.15) is 0 Å². The highest BCUT2D eigenvalue weighted by Crippen LogP contribution is 2.32. The van der Waals surface area contributed by atoms with Crippen LogP contribution in [0.25, 0.3) is 10.8 Å². The Hall–Kier alpha value is -2.68. The lowest BCUT2D eigenvalue weighted by atomic mass is 10.1. The van der Waals surface area contributed by atoms with E-state index in [1.54, 1.807) is 7.11 Å². The Morgan fingerprint density at radius 2 is 1.30 bits per heavy atom. The highest BCUT2D eigenvalue weighted by atomic mass is 16.6. The molecular weight excluding hydrogens is 250 g/mol. The minimum absolute atomic E-state index is 0.769. The van der Waals surface area contributed by atoms with Gasteiger partial charge >= 0.3 is 0 Å². The highest BCUT2D eigenvalue weighted by molar-refractivity contribution is 5.93. The van der Waals surface area contributed by atoms with E-state index in [4.69, 9.17) is 9.57 Å². The predicted molar refractivity (Wildman–Crippen MR) is 81.2 cm³/mol. The molecule has 0 heterocycles. The molecule has 0 aliphatic heterocycles. The molecule has 0 bridgehead atoms. The van der Waals surface area contributed by atoms with E-state index in [0.29, 0.717) is 0 Å². The summed E-state index contributed by atoms with van der Waals surface area (Å²) < 4.78 is 5.37. The Balaban J connectivity index is 1.92. The van der Waals surface area contributed by atoms with Gasteiger partial charge in [-0.25, -0.2) is 5.48 Å². The molecule has 3 aromatic rings. The number of nitrogens with one attached hydrogen (secondary N) is 1. The first kappa shape index (κ1) is 12.4. The van der Waals surface area contributed by atoms with Crippen molar-refractivity contribution in [1.82, 2.24) is 0 Å². The quantitative estimate of drug-likeness (QED) is 0.715. The van der Waals surface area contributed by atoms with Crippen LogP contribution in [0.3, 0.4) is 0 Å². The van der Waals surface area contributed by atoms with Crippen molar-refractivity contribution >= 4 is 16.5 Å². The van der Waals surface area contributed by atoms with Gasteiger partial charge in [-0.1, -0.05) is 42.5 Å². The maximum Gasteiger partial charge on any atom is 0.163 e. The largest absolute Gasteiger partial charge is 0.496 e. The summed E-state index contributed by atoms with van der Waals surface area (Å²) in [6.07, 6.45) is 0. The van der Waals surface area contributed by atoms with E-state index in [-0.39, 0.29) is 0 Å². The SMILES string of the molecule is COc1ccc(ONc2ccccc2)c2ccccc12. The summed E-state index contributed by atoms with van der Waals surface area (Å²) in [6.45, 7) is 0. The molecule has 0 atom stereocenters. The molecule has 0 radical (unpaired) electrons. The van der Waals surface area contributed by atoms with Gasteiger partial charge in [-0.2, -0.15) is 0 Å². The molecule has 0 aromatic heterocycles. The number of methoxy groups -OCH3 is 1. The third-order valence-corrected chi connectivity index (χ3v) is 3.12. The number of para-hydroxylation sites is 1. The van der Waals surface area contributed by atoms with Crippen molar-refractivity contribution in [3.63, 3.8) is 0 Å². The average Bonchev–Trinajstić information content (AvgIpc) is 2.53. The van der Waals surface area contributed by atoms with Gasteiger partial charge in [0.1, 0.15) is 5.75 Å². The van der Waals surface area contributed by atoms with E-state index in [0.717, 1.165) is 28.0 Å². The first-order chi connectivity index (χ1) is 9.88. The fourth-order valence-electron chi connectivity index (χ4n) is 2.13. The topological polar surface area (TPSA) is 30.5 Å². The van der Waals surface area contributed by atoms with Crippen molar-refractivity contribution in [3.05, 3.63) is 66.7 Å². The molecule has 0 amide bonds. The Morgan fingerprint density at radius 1 is 0.700 bits per heavy atom.